The first-order valence-corrected chi connectivity index (χ1v) is 11.7. The molecule has 35 heavy (non-hydrogen) atoms. The maximum Gasteiger partial charge on any atom is 0.405 e. The van der Waals surface area contributed by atoms with Crippen molar-refractivity contribution in [1.29, 1.82) is 0 Å². The number of rotatable bonds is 7. The van der Waals surface area contributed by atoms with Crippen molar-refractivity contribution < 1.29 is 18.3 Å². The Bertz CT molecular complexity index is 1340. The molecule has 0 unspecified atom stereocenters. The van der Waals surface area contributed by atoms with E-state index in [-0.39, 0.29) is 17.8 Å². The van der Waals surface area contributed by atoms with Crippen molar-refractivity contribution in [1.82, 2.24) is 19.5 Å². The summed E-state index contributed by atoms with van der Waals surface area (Å²) >= 11 is 0. The lowest BCUT2D eigenvalue weighted by atomic mass is 9.96. The van der Waals surface area contributed by atoms with E-state index in [9.17, 15) is 18.3 Å². The van der Waals surface area contributed by atoms with Crippen LogP contribution >= 0.6 is 0 Å². The maximum absolute atomic E-state index is 12.5. The summed E-state index contributed by atoms with van der Waals surface area (Å²) in [6.07, 6.45) is 1.94. The molecule has 1 aliphatic rings. The molecule has 5 rings (SSSR count). The van der Waals surface area contributed by atoms with Gasteiger partial charge in [-0.15, -0.1) is 0 Å². The zero-order valence-corrected chi connectivity index (χ0v) is 19.3. The fraction of sp³-hybridized carbons (Fsp3) is 0.400. The minimum absolute atomic E-state index is 0.145. The lowest BCUT2D eigenvalue weighted by Crippen LogP contribution is -2.21. The third-order valence-corrected chi connectivity index (χ3v) is 6.80. The number of anilines is 2. The fourth-order valence-electron chi connectivity index (χ4n) is 5.04. The van der Waals surface area contributed by atoms with Gasteiger partial charge < -0.3 is 20.3 Å². The summed E-state index contributed by atoms with van der Waals surface area (Å²) < 4.78 is 39.7. The number of pyridine rings is 1. The van der Waals surface area contributed by atoms with Crippen molar-refractivity contribution in [2.75, 3.05) is 24.2 Å². The number of hydrogen-bond acceptors (Lipinski definition) is 6. The normalized spacial score (nSPS) is 20.5. The van der Waals surface area contributed by atoms with Gasteiger partial charge in [-0.05, 0) is 61.4 Å². The number of fused-ring (bicyclic) bond motifs is 2. The molecule has 10 heteroatoms. The summed E-state index contributed by atoms with van der Waals surface area (Å²) in [5.74, 6) is 1.13. The minimum Gasteiger partial charge on any atom is -0.393 e. The van der Waals surface area contributed by atoms with Crippen molar-refractivity contribution in [3.05, 3.63) is 54.5 Å². The minimum atomic E-state index is -4.30. The lowest BCUT2D eigenvalue weighted by molar-refractivity contribution is -0.115. The van der Waals surface area contributed by atoms with Gasteiger partial charge >= 0.3 is 6.18 Å². The molecular formula is C25H27F3N6O. The van der Waals surface area contributed by atoms with Crippen LogP contribution in [0.15, 0.2) is 48.9 Å². The monoisotopic (exact) mass is 484 g/mol. The van der Waals surface area contributed by atoms with Gasteiger partial charge in [0.1, 0.15) is 30.2 Å². The van der Waals surface area contributed by atoms with Crippen LogP contribution in [0.2, 0.25) is 0 Å². The van der Waals surface area contributed by atoms with Crippen LogP contribution in [0.4, 0.5) is 24.8 Å². The number of alkyl halides is 3. The van der Waals surface area contributed by atoms with Crippen molar-refractivity contribution in [2.24, 2.45) is 5.92 Å². The molecule has 0 amide bonds. The average Bonchev–Trinajstić information content (AvgIpc) is 3.43. The molecule has 3 heterocycles. The Balaban J connectivity index is 1.26. The predicted molar refractivity (Wildman–Crippen MR) is 129 cm³/mol. The molecule has 1 fully saturated rings. The van der Waals surface area contributed by atoms with E-state index >= 15 is 0 Å². The molecule has 1 saturated carbocycles. The van der Waals surface area contributed by atoms with Crippen LogP contribution in [-0.2, 0) is 6.42 Å². The van der Waals surface area contributed by atoms with Crippen molar-refractivity contribution >= 4 is 33.6 Å². The quantitative estimate of drug-likeness (QED) is 0.344. The summed E-state index contributed by atoms with van der Waals surface area (Å²) in [5.41, 5.74) is 2.56. The van der Waals surface area contributed by atoms with Gasteiger partial charge in [0.2, 0.25) is 0 Å². The molecule has 3 atom stereocenters. The first-order chi connectivity index (χ1) is 16.8. The standard InChI is InChI=1S/C25H27F3N6O/c1-29-23-19-8-9-34(24(19)32-14-31-23)18-11-17(21(35)12-18)5-3-15-2-4-16-6-7-22(33-20(16)10-15)30-13-25(26,27)28/h2,4,6-10,14,17-18,21,35H,3,5,11-13H2,1H3,(H,30,33)(H,29,31,32)/t17-,18+,21-/m0/s1. The number of hydrogen-bond donors (Lipinski definition) is 3. The van der Waals surface area contributed by atoms with Crippen molar-refractivity contribution in [3.63, 3.8) is 0 Å². The lowest BCUT2D eigenvalue weighted by Gasteiger charge is -2.15. The molecule has 0 spiro atoms. The molecule has 3 N–H and O–H groups in total. The van der Waals surface area contributed by atoms with Gasteiger partial charge in [0, 0.05) is 24.7 Å². The van der Waals surface area contributed by atoms with Crippen molar-refractivity contribution in [2.45, 2.75) is 44.0 Å². The van der Waals surface area contributed by atoms with E-state index in [4.69, 9.17) is 0 Å². The van der Waals surface area contributed by atoms with Gasteiger partial charge in [0.15, 0.2) is 0 Å². The Labute approximate surface area is 200 Å². The van der Waals surface area contributed by atoms with Crippen LogP contribution in [-0.4, -0.2) is 50.5 Å². The zero-order chi connectivity index (χ0) is 24.6. The second-order valence-electron chi connectivity index (χ2n) is 9.12. The van der Waals surface area contributed by atoms with Gasteiger partial charge in [-0.1, -0.05) is 12.1 Å². The van der Waals surface area contributed by atoms with Gasteiger partial charge in [0.05, 0.1) is 17.0 Å². The van der Waals surface area contributed by atoms with E-state index in [0.29, 0.717) is 11.9 Å². The number of aliphatic hydroxyl groups is 1. The summed E-state index contributed by atoms with van der Waals surface area (Å²) in [6.45, 7) is -1.12. The third kappa shape index (κ3) is 5.02. The Morgan fingerprint density at radius 3 is 2.74 bits per heavy atom. The first-order valence-electron chi connectivity index (χ1n) is 11.7. The van der Waals surface area contributed by atoms with Crippen LogP contribution in [0.5, 0.6) is 0 Å². The van der Waals surface area contributed by atoms with Gasteiger partial charge in [0.25, 0.3) is 0 Å². The summed E-state index contributed by atoms with van der Waals surface area (Å²) in [5, 5.41) is 18.0. The van der Waals surface area contributed by atoms with Crippen LogP contribution in [0, 0.1) is 5.92 Å². The second kappa shape index (κ2) is 9.33. The number of halogens is 3. The first kappa shape index (κ1) is 23.3. The molecule has 7 nitrogen and oxygen atoms in total. The molecule has 4 aromatic rings. The van der Waals surface area contributed by atoms with E-state index in [1.807, 2.05) is 37.5 Å². The molecule has 3 aromatic heterocycles. The summed E-state index contributed by atoms with van der Waals surface area (Å²) in [4.78, 5) is 13.1. The summed E-state index contributed by atoms with van der Waals surface area (Å²) in [6, 6.07) is 11.3. The Morgan fingerprint density at radius 1 is 1.11 bits per heavy atom. The second-order valence-corrected chi connectivity index (χ2v) is 9.12. The smallest absolute Gasteiger partial charge is 0.393 e. The van der Waals surface area contributed by atoms with Crippen LogP contribution in [0.1, 0.15) is 30.9 Å². The SMILES string of the molecule is CNc1ncnc2c1ccn2[C@@H]1C[C@H](CCc2ccc3ccc(NCC(F)(F)F)nc3c2)[C@@H](O)C1. The topological polar surface area (TPSA) is 87.9 Å². The Hall–Kier alpha value is -3.40. The average molecular weight is 485 g/mol. The van der Waals surface area contributed by atoms with E-state index in [1.54, 1.807) is 18.5 Å². The summed E-state index contributed by atoms with van der Waals surface area (Å²) in [7, 11) is 1.83. The van der Waals surface area contributed by atoms with E-state index in [1.165, 1.54) is 0 Å². The van der Waals surface area contributed by atoms with Crippen LogP contribution in [0.25, 0.3) is 21.9 Å². The van der Waals surface area contributed by atoms with Crippen LogP contribution in [0.3, 0.4) is 0 Å². The number of aryl methyl sites for hydroxylation is 1. The Kier molecular flexibility index (Phi) is 6.22. The maximum atomic E-state index is 12.5. The van der Waals surface area contributed by atoms with Crippen LogP contribution < -0.4 is 10.6 Å². The largest absolute Gasteiger partial charge is 0.405 e. The predicted octanol–water partition coefficient (Wildman–Crippen LogP) is 4.94. The highest BCUT2D eigenvalue weighted by molar-refractivity contribution is 5.87. The molecule has 0 radical (unpaired) electrons. The zero-order valence-electron chi connectivity index (χ0n) is 19.3. The Morgan fingerprint density at radius 2 is 1.94 bits per heavy atom. The van der Waals surface area contributed by atoms with Gasteiger partial charge in [-0.2, -0.15) is 13.2 Å². The molecular weight excluding hydrogens is 457 g/mol. The molecule has 1 aromatic carbocycles. The highest BCUT2D eigenvalue weighted by Gasteiger charge is 2.34. The molecule has 0 aliphatic heterocycles. The number of benzene rings is 1. The molecule has 184 valence electrons. The van der Waals surface area contributed by atoms with Gasteiger partial charge in [-0.25, -0.2) is 15.0 Å². The van der Waals surface area contributed by atoms with E-state index < -0.39 is 18.8 Å². The third-order valence-electron chi connectivity index (χ3n) is 6.80. The number of aliphatic hydroxyl groups excluding tert-OH is 1. The highest BCUT2D eigenvalue weighted by Crippen LogP contribution is 2.39. The van der Waals surface area contributed by atoms with E-state index in [0.717, 1.165) is 47.1 Å². The fourth-order valence-corrected chi connectivity index (χ4v) is 5.04. The number of nitrogens with zero attached hydrogens (tertiary/aromatic N) is 4. The molecule has 0 saturated heterocycles. The van der Waals surface area contributed by atoms with Crippen molar-refractivity contribution in [3.8, 4) is 0 Å². The number of aromatic nitrogens is 4. The van der Waals surface area contributed by atoms with Gasteiger partial charge in [-0.3, -0.25) is 0 Å². The molecule has 0 bridgehead atoms. The number of nitrogens with one attached hydrogen (secondary N) is 2. The van der Waals surface area contributed by atoms with E-state index in [2.05, 4.69) is 30.2 Å². The molecule has 1 aliphatic carbocycles. The highest BCUT2D eigenvalue weighted by atomic mass is 19.4.